The number of fused-ring (bicyclic) bond motifs is 1. The van der Waals surface area contributed by atoms with Crippen LogP contribution in [0.1, 0.15) is 24.7 Å². The number of aromatic nitrogens is 5. The van der Waals surface area contributed by atoms with Crippen LogP contribution in [0.3, 0.4) is 0 Å². The number of para-hydroxylation sites is 1. The quantitative estimate of drug-likeness (QED) is 0.606. The summed E-state index contributed by atoms with van der Waals surface area (Å²) in [7, 11) is 0. The van der Waals surface area contributed by atoms with E-state index in [1.54, 1.807) is 0 Å². The number of hydrogen-bond acceptors (Lipinski definition) is 6. The van der Waals surface area contributed by atoms with Crippen LogP contribution in [0.25, 0.3) is 16.9 Å². The molecule has 0 amide bonds. The normalized spacial score (nSPS) is 16.9. The van der Waals surface area contributed by atoms with Crippen molar-refractivity contribution in [2.75, 3.05) is 17.2 Å². The zero-order valence-corrected chi connectivity index (χ0v) is 14.7. The molecule has 3 aromatic heterocycles. The molecule has 1 aliphatic heterocycles. The van der Waals surface area contributed by atoms with E-state index in [2.05, 4.69) is 36.6 Å². The Labute approximate surface area is 156 Å². The van der Waals surface area contributed by atoms with Crippen molar-refractivity contribution in [3.05, 3.63) is 66.9 Å². The fraction of sp³-hybridized carbons (Fsp3) is 0.200. The van der Waals surface area contributed by atoms with E-state index in [9.17, 15) is 0 Å². The Morgan fingerprint density at radius 1 is 1.00 bits per heavy atom. The molecule has 5 rings (SSSR count). The third-order valence-corrected chi connectivity index (χ3v) is 4.98. The first-order valence-electron chi connectivity index (χ1n) is 9.04. The largest absolute Gasteiger partial charge is 0.384 e. The number of nitrogens with zero attached hydrogens (tertiary/aromatic N) is 6. The molecule has 134 valence electrons. The zero-order valence-electron chi connectivity index (χ0n) is 14.7. The summed E-state index contributed by atoms with van der Waals surface area (Å²) in [6.45, 7) is 0.909. The number of nitrogens with two attached hydrogens (primary N) is 1. The Morgan fingerprint density at radius 3 is 2.74 bits per heavy atom. The molecule has 0 spiro atoms. The molecule has 0 radical (unpaired) electrons. The first-order chi connectivity index (χ1) is 13.3. The molecule has 1 aliphatic rings. The van der Waals surface area contributed by atoms with Crippen LogP contribution in [0.15, 0.2) is 61.1 Å². The zero-order chi connectivity index (χ0) is 18.2. The Hall–Kier alpha value is -3.48. The topological polar surface area (TPSA) is 85.8 Å². The molecule has 4 heterocycles. The van der Waals surface area contributed by atoms with Gasteiger partial charge in [-0.25, -0.2) is 19.9 Å². The van der Waals surface area contributed by atoms with Gasteiger partial charge in [0, 0.05) is 24.5 Å². The van der Waals surface area contributed by atoms with Gasteiger partial charge in [0.05, 0.1) is 6.04 Å². The maximum atomic E-state index is 5.88. The maximum absolute atomic E-state index is 5.88. The summed E-state index contributed by atoms with van der Waals surface area (Å²) in [5.41, 5.74) is 8.70. The van der Waals surface area contributed by atoms with E-state index >= 15 is 0 Å². The van der Waals surface area contributed by atoms with Gasteiger partial charge in [-0.1, -0.05) is 18.2 Å². The van der Waals surface area contributed by atoms with Crippen molar-refractivity contribution in [2.24, 2.45) is 0 Å². The second kappa shape index (κ2) is 6.35. The highest BCUT2D eigenvalue weighted by molar-refractivity contribution is 5.74. The standard InChI is InChI=1S/C20H19N7/c21-17-12-18(24-13-23-17)26-11-5-9-16(26)20-25-15-8-4-10-22-19(15)27(20)14-6-2-1-3-7-14/h1-4,6-8,10,12-13,16H,5,9,11H2,(H2,21,23,24). The monoisotopic (exact) mass is 357 g/mol. The van der Waals surface area contributed by atoms with E-state index < -0.39 is 0 Å². The fourth-order valence-corrected chi connectivity index (χ4v) is 3.81. The number of pyridine rings is 1. The van der Waals surface area contributed by atoms with Gasteiger partial charge in [0.25, 0.3) is 0 Å². The molecule has 27 heavy (non-hydrogen) atoms. The van der Waals surface area contributed by atoms with Gasteiger partial charge in [-0.2, -0.15) is 0 Å². The van der Waals surface area contributed by atoms with Crippen LogP contribution in [0.4, 0.5) is 11.6 Å². The second-order valence-corrected chi connectivity index (χ2v) is 6.64. The molecule has 0 aliphatic carbocycles. The van der Waals surface area contributed by atoms with Gasteiger partial charge in [-0.05, 0) is 37.1 Å². The summed E-state index contributed by atoms with van der Waals surface area (Å²) in [4.78, 5) is 20.3. The van der Waals surface area contributed by atoms with Crippen LogP contribution in [-0.4, -0.2) is 31.0 Å². The van der Waals surface area contributed by atoms with E-state index in [4.69, 9.17) is 10.7 Å². The summed E-state index contributed by atoms with van der Waals surface area (Å²) in [6.07, 6.45) is 5.40. The molecule has 7 heteroatoms. The first-order valence-corrected chi connectivity index (χ1v) is 9.04. The van der Waals surface area contributed by atoms with Crippen LogP contribution in [-0.2, 0) is 0 Å². The number of rotatable bonds is 3. The lowest BCUT2D eigenvalue weighted by Gasteiger charge is -2.26. The van der Waals surface area contributed by atoms with Gasteiger partial charge in [-0.3, -0.25) is 4.57 Å². The second-order valence-electron chi connectivity index (χ2n) is 6.64. The Morgan fingerprint density at radius 2 is 1.89 bits per heavy atom. The molecular formula is C20H19N7. The molecule has 1 aromatic carbocycles. The van der Waals surface area contributed by atoms with E-state index in [1.165, 1.54) is 6.33 Å². The molecule has 1 atom stereocenters. The van der Waals surface area contributed by atoms with Crippen molar-refractivity contribution >= 4 is 22.8 Å². The molecule has 4 aromatic rings. The lowest BCUT2D eigenvalue weighted by atomic mass is 10.2. The highest BCUT2D eigenvalue weighted by Gasteiger charge is 2.32. The Bertz CT molecular complexity index is 1090. The highest BCUT2D eigenvalue weighted by atomic mass is 15.3. The van der Waals surface area contributed by atoms with Crippen molar-refractivity contribution in [1.29, 1.82) is 0 Å². The maximum Gasteiger partial charge on any atom is 0.164 e. The summed E-state index contributed by atoms with van der Waals surface area (Å²) < 4.78 is 2.16. The van der Waals surface area contributed by atoms with E-state index in [0.29, 0.717) is 5.82 Å². The molecule has 7 nitrogen and oxygen atoms in total. The molecule has 1 fully saturated rings. The van der Waals surface area contributed by atoms with Crippen LogP contribution in [0.5, 0.6) is 0 Å². The van der Waals surface area contributed by atoms with Gasteiger partial charge in [0.1, 0.15) is 29.3 Å². The summed E-state index contributed by atoms with van der Waals surface area (Å²) >= 11 is 0. The molecular weight excluding hydrogens is 338 g/mol. The van der Waals surface area contributed by atoms with Crippen molar-refractivity contribution in [3.8, 4) is 5.69 Å². The lowest BCUT2D eigenvalue weighted by molar-refractivity contribution is 0.651. The van der Waals surface area contributed by atoms with E-state index in [-0.39, 0.29) is 6.04 Å². The molecule has 2 N–H and O–H groups in total. The first kappa shape index (κ1) is 15.7. The van der Waals surface area contributed by atoms with Crippen molar-refractivity contribution in [1.82, 2.24) is 24.5 Å². The van der Waals surface area contributed by atoms with Gasteiger partial charge < -0.3 is 10.6 Å². The van der Waals surface area contributed by atoms with Gasteiger partial charge >= 0.3 is 0 Å². The summed E-state index contributed by atoms with van der Waals surface area (Å²) in [6, 6.07) is 16.1. The summed E-state index contributed by atoms with van der Waals surface area (Å²) in [5.74, 6) is 2.29. The number of benzene rings is 1. The fourth-order valence-electron chi connectivity index (χ4n) is 3.81. The van der Waals surface area contributed by atoms with Crippen LogP contribution >= 0.6 is 0 Å². The van der Waals surface area contributed by atoms with Gasteiger partial charge in [0.2, 0.25) is 0 Å². The van der Waals surface area contributed by atoms with Crippen LogP contribution < -0.4 is 10.6 Å². The van der Waals surface area contributed by atoms with E-state index in [1.807, 2.05) is 42.6 Å². The van der Waals surface area contributed by atoms with Crippen LogP contribution in [0.2, 0.25) is 0 Å². The molecule has 1 saturated heterocycles. The number of imidazole rings is 1. The predicted octanol–water partition coefficient (Wildman–Crippen LogP) is 3.13. The van der Waals surface area contributed by atoms with Crippen LogP contribution in [0, 0.1) is 0 Å². The highest BCUT2D eigenvalue weighted by Crippen LogP contribution is 2.37. The number of hydrogen-bond donors (Lipinski definition) is 1. The van der Waals surface area contributed by atoms with Gasteiger partial charge in [-0.15, -0.1) is 0 Å². The average Bonchev–Trinajstić information content (AvgIpc) is 3.33. The van der Waals surface area contributed by atoms with Crippen molar-refractivity contribution in [2.45, 2.75) is 18.9 Å². The minimum atomic E-state index is 0.105. The average molecular weight is 357 g/mol. The number of anilines is 2. The third kappa shape index (κ3) is 2.68. The molecule has 0 saturated carbocycles. The minimum absolute atomic E-state index is 0.105. The van der Waals surface area contributed by atoms with Crippen molar-refractivity contribution in [3.63, 3.8) is 0 Å². The Balaban J connectivity index is 1.68. The SMILES string of the molecule is Nc1cc(N2CCCC2c2nc3cccnc3n2-c2ccccc2)ncn1. The lowest BCUT2D eigenvalue weighted by Crippen LogP contribution is -2.26. The Kier molecular flexibility index (Phi) is 3.71. The summed E-state index contributed by atoms with van der Waals surface area (Å²) in [5, 5.41) is 0. The van der Waals surface area contributed by atoms with E-state index in [0.717, 1.165) is 47.9 Å². The number of nitrogen functional groups attached to an aromatic ring is 1. The van der Waals surface area contributed by atoms with Crippen molar-refractivity contribution < 1.29 is 0 Å². The molecule has 1 unspecified atom stereocenters. The molecule has 0 bridgehead atoms. The predicted molar refractivity (Wildman–Crippen MR) is 105 cm³/mol. The third-order valence-electron chi connectivity index (χ3n) is 4.98. The minimum Gasteiger partial charge on any atom is -0.384 e. The smallest absolute Gasteiger partial charge is 0.164 e. The van der Waals surface area contributed by atoms with Gasteiger partial charge in [0.15, 0.2) is 5.65 Å².